The summed E-state index contributed by atoms with van der Waals surface area (Å²) in [6.07, 6.45) is 8.74. The minimum absolute atomic E-state index is 0.155. The summed E-state index contributed by atoms with van der Waals surface area (Å²) < 4.78 is 5.38. The van der Waals surface area contributed by atoms with Crippen molar-refractivity contribution < 1.29 is 19.2 Å². The first-order chi connectivity index (χ1) is 14.5. The highest BCUT2D eigenvalue weighted by Gasteiger charge is 2.36. The maximum absolute atomic E-state index is 12.8. The Morgan fingerprint density at radius 1 is 1.03 bits per heavy atom. The third-order valence-corrected chi connectivity index (χ3v) is 6.75. The normalized spacial score (nSPS) is 23.7. The molecule has 0 spiro atoms. The minimum Gasteiger partial charge on any atom is -0.452 e. The molecule has 1 amide bonds. The summed E-state index contributed by atoms with van der Waals surface area (Å²) in [5, 5.41) is 11.2. The SMILES string of the molecule is O=C(OCC(=O)N1CCC[C@@H]2CCCC[C@H]21)c1cc([N+](=O)[O-])ccc1N1CCCC1. The number of carbonyl (C=O) groups excluding carboxylic acids is 2. The van der Waals surface area contributed by atoms with E-state index in [1.54, 1.807) is 6.07 Å². The number of amides is 1. The van der Waals surface area contributed by atoms with E-state index in [0.717, 1.165) is 45.2 Å². The Labute approximate surface area is 176 Å². The van der Waals surface area contributed by atoms with Crippen LogP contribution in [0, 0.1) is 16.0 Å². The van der Waals surface area contributed by atoms with E-state index >= 15 is 0 Å². The summed E-state index contributed by atoms with van der Waals surface area (Å²) in [6, 6.07) is 4.54. The van der Waals surface area contributed by atoms with Crippen LogP contribution in [0.25, 0.3) is 0 Å². The molecule has 3 aliphatic rings. The van der Waals surface area contributed by atoms with Crippen LogP contribution >= 0.6 is 0 Å². The van der Waals surface area contributed by atoms with Crippen molar-refractivity contribution >= 4 is 23.3 Å². The lowest BCUT2D eigenvalue weighted by molar-refractivity contribution is -0.384. The molecule has 0 N–H and O–H groups in total. The molecule has 2 atom stereocenters. The third kappa shape index (κ3) is 4.27. The number of nitrogens with zero attached hydrogens (tertiary/aromatic N) is 3. The van der Waals surface area contributed by atoms with Crippen molar-refractivity contribution in [3.63, 3.8) is 0 Å². The van der Waals surface area contributed by atoms with Crippen molar-refractivity contribution in [1.29, 1.82) is 0 Å². The lowest BCUT2D eigenvalue weighted by Gasteiger charge is -2.44. The fourth-order valence-corrected chi connectivity index (χ4v) is 5.26. The Morgan fingerprint density at radius 2 is 1.77 bits per heavy atom. The van der Waals surface area contributed by atoms with Gasteiger partial charge in [-0.25, -0.2) is 4.79 Å². The summed E-state index contributed by atoms with van der Waals surface area (Å²) in [6.45, 7) is 2.00. The molecule has 1 saturated carbocycles. The first-order valence-electron chi connectivity index (χ1n) is 11.0. The summed E-state index contributed by atoms with van der Waals surface area (Å²) in [7, 11) is 0. The highest BCUT2D eigenvalue weighted by molar-refractivity contribution is 5.97. The van der Waals surface area contributed by atoms with Crippen LogP contribution in [0.3, 0.4) is 0 Å². The standard InChI is InChI=1S/C22H29N3O5/c26-21(24-13-5-7-16-6-1-2-8-19(16)24)15-30-22(27)18-14-17(25(28)29)9-10-20(18)23-11-3-4-12-23/h9-10,14,16,19H,1-8,11-13,15H2/t16-,19+/m0/s1. The van der Waals surface area contributed by atoms with Gasteiger partial charge in [-0.2, -0.15) is 0 Å². The molecule has 0 bridgehead atoms. The number of anilines is 1. The zero-order valence-electron chi connectivity index (χ0n) is 17.3. The van der Waals surface area contributed by atoms with Crippen molar-refractivity contribution in [3.8, 4) is 0 Å². The average Bonchev–Trinajstić information content (AvgIpc) is 3.31. The fourth-order valence-electron chi connectivity index (χ4n) is 5.26. The van der Waals surface area contributed by atoms with E-state index in [4.69, 9.17) is 4.74 Å². The molecule has 8 heteroatoms. The molecule has 0 aromatic heterocycles. The van der Waals surface area contributed by atoms with Gasteiger partial charge < -0.3 is 14.5 Å². The van der Waals surface area contributed by atoms with Crippen LogP contribution in [0.1, 0.15) is 61.7 Å². The van der Waals surface area contributed by atoms with E-state index in [1.165, 1.54) is 31.4 Å². The smallest absolute Gasteiger partial charge is 0.341 e. The average molecular weight is 415 g/mol. The van der Waals surface area contributed by atoms with Crippen LogP contribution in [-0.2, 0) is 9.53 Å². The number of piperidine rings is 1. The van der Waals surface area contributed by atoms with Crippen molar-refractivity contribution in [2.24, 2.45) is 5.92 Å². The monoisotopic (exact) mass is 415 g/mol. The Kier molecular flexibility index (Phi) is 6.20. The predicted molar refractivity (Wildman–Crippen MR) is 112 cm³/mol. The molecule has 1 aliphatic carbocycles. The highest BCUT2D eigenvalue weighted by atomic mass is 16.6. The number of rotatable bonds is 5. The zero-order valence-corrected chi connectivity index (χ0v) is 17.3. The van der Waals surface area contributed by atoms with Crippen molar-refractivity contribution in [3.05, 3.63) is 33.9 Å². The zero-order chi connectivity index (χ0) is 21.1. The molecule has 1 aromatic carbocycles. The van der Waals surface area contributed by atoms with Gasteiger partial charge in [0.1, 0.15) is 0 Å². The lowest BCUT2D eigenvalue weighted by atomic mass is 9.78. The number of likely N-dealkylation sites (tertiary alicyclic amines) is 1. The maximum atomic E-state index is 12.8. The van der Waals surface area contributed by atoms with Crippen molar-refractivity contribution in [2.75, 3.05) is 31.1 Å². The number of carbonyl (C=O) groups is 2. The molecule has 162 valence electrons. The number of non-ortho nitro benzene ring substituents is 1. The second-order valence-electron chi connectivity index (χ2n) is 8.57. The Bertz CT molecular complexity index is 819. The quantitative estimate of drug-likeness (QED) is 0.415. The molecule has 3 fully saturated rings. The molecule has 0 unspecified atom stereocenters. The Hall–Kier alpha value is -2.64. The Balaban J connectivity index is 1.46. The van der Waals surface area contributed by atoms with Gasteiger partial charge in [0.15, 0.2) is 6.61 Å². The van der Waals surface area contributed by atoms with Gasteiger partial charge >= 0.3 is 5.97 Å². The molecular formula is C22H29N3O5. The fraction of sp³-hybridized carbons (Fsp3) is 0.636. The number of fused-ring (bicyclic) bond motifs is 1. The number of hydrogen-bond acceptors (Lipinski definition) is 6. The number of nitro benzene ring substituents is 1. The van der Waals surface area contributed by atoms with Gasteiger partial charge in [-0.05, 0) is 50.5 Å². The molecule has 4 rings (SSSR count). The van der Waals surface area contributed by atoms with Crippen LogP contribution in [0.4, 0.5) is 11.4 Å². The molecular weight excluding hydrogens is 386 g/mol. The summed E-state index contributed by atoms with van der Waals surface area (Å²) in [4.78, 5) is 40.3. The predicted octanol–water partition coefficient (Wildman–Crippen LogP) is 3.53. The molecule has 2 aliphatic heterocycles. The topological polar surface area (TPSA) is 93.0 Å². The van der Waals surface area contributed by atoms with E-state index in [2.05, 4.69) is 0 Å². The van der Waals surface area contributed by atoms with Crippen LogP contribution in [0.15, 0.2) is 18.2 Å². The largest absolute Gasteiger partial charge is 0.452 e. The number of esters is 1. The molecule has 2 saturated heterocycles. The molecule has 30 heavy (non-hydrogen) atoms. The van der Waals surface area contributed by atoms with Gasteiger partial charge in [0.05, 0.1) is 16.2 Å². The second-order valence-corrected chi connectivity index (χ2v) is 8.57. The number of nitro groups is 1. The van der Waals surface area contributed by atoms with E-state index in [9.17, 15) is 19.7 Å². The summed E-state index contributed by atoms with van der Waals surface area (Å²) in [5.41, 5.74) is 0.645. The van der Waals surface area contributed by atoms with Crippen LogP contribution < -0.4 is 4.90 Å². The lowest BCUT2D eigenvalue weighted by Crippen LogP contribution is -2.50. The van der Waals surface area contributed by atoms with E-state index in [1.807, 2.05) is 9.80 Å². The van der Waals surface area contributed by atoms with Crippen LogP contribution in [-0.4, -0.2) is 54.0 Å². The van der Waals surface area contributed by atoms with Gasteiger partial charge in [-0.3, -0.25) is 14.9 Å². The van der Waals surface area contributed by atoms with Gasteiger partial charge in [0.2, 0.25) is 0 Å². The first-order valence-corrected chi connectivity index (χ1v) is 11.0. The summed E-state index contributed by atoms with van der Waals surface area (Å²) >= 11 is 0. The van der Waals surface area contributed by atoms with Crippen LogP contribution in [0.2, 0.25) is 0 Å². The molecule has 1 aromatic rings. The van der Waals surface area contributed by atoms with Gasteiger partial charge in [-0.15, -0.1) is 0 Å². The number of hydrogen-bond donors (Lipinski definition) is 0. The van der Waals surface area contributed by atoms with Crippen molar-refractivity contribution in [2.45, 2.75) is 57.4 Å². The first kappa shape index (κ1) is 20.6. The van der Waals surface area contributed by atoms with Gasteiger partial charge in [0.25, 0.3) is 11.6 Å². The van der Waals surface area contributed by atoms with E-state index in [0.29, 0.717) is 18.2 Å². The maximum Gasteiger partial charge on any atom is 0.341 e. The molecule has 8 nitrogen and oxygen atoms in total. The summed E-state index contributed by atoms with van der Waals surface area (Å²) in [5.74, 6) is -0.273. The molecule has 0 radical (unpaired) electrons. The van der Waals surface area contributed by atoms with E-state index < -0.39 is 10.9 Å². The number of benzene rings is 1. The third-order valence-electron chi connectivity index (χ3n) is 6.75. The second kappa shape index (κ2) is 9.02. The van der Waals surface area contributed by atoms with Crippen molar-refractivity contribution in [1.82, 2.24) is 4.90 Å². The highest BCUT2D eigenvalue weighted by Crippen LogP contribution is 2.35. The minimum atomic E-state index is -0.675. The van der Waals surface area contributed by atoms with E-state index in [-0.39, 0.29) is 29.8 Å². The molecule has 2 heterocycles. The van der Waals surface area contributed by atoms with Gasteiger partial charge in [-0.1, -0.05) is 12.8 Å². The Morgan fingerprint density at radius 3 is 2.53 bits per heavy atom. The van der Waals surface area contributed by atoms with Gasteiger partial charge in [0, 0.05) is 37.8 Å². The van der Waals surface area contributed by atoms with Crippen LogP contribution in [0.5, 0.6) is 0 Å². The number of ether oxygens (including phenoxy) is 1.